The van der Waals surface area contributed by atoms with Crippen LogP contribution in [0.25, 0.3) is 0 Å². The van der Waals surface area contributed by atoms with Gasteiger partial charge in [-0.05, 0) is 27.2 Å². The molecule has 0 saturated carbocycles. The van der Waals surface area contributed by atoms with Gasteiger partial charge in [0.15, 0.2) is 5.78 Å². The van der Waals surface area contributed by atoms with Crippen LogP contribution in [0.3, 0.4) is 0 Å². The molecule has 0 radical (unpaired) electrons. The van der Waals surface area contributed by atoms with Crippen molar-refractivity contribution in [3.05, 3.63) is 35.9 Å². The van der Waals surface area contributed by atoms with Crippen LogP contribution in [0.1, 0.15) is 44.0 Å². The SMILES string of the molecule is CC(C)(C)OC(=O)NCC(Cl)CCC(=O)c1ccccc1. The maximum Gasteiger partial charge on any atom is 0.407 e. The number of ether oxygens (including phenoxy) is 1. The van der Waals surface area contributed by atoms with Gasteiger partial charge < -0.3 is 10.1 Å². The van der Waals surface area contributed by atoms with E-state index in [0.29, 0.717) is 18.4 Å². The van der Waals surface area contributed by atoms with Crippen LogP contribution in [0.2, 0.25) is 0 Å². The van der Waals surface area contributed by atoms with Gasteiger partial charge in [-0.25, -0.2) is 4.79 Å². The van der Waals surface area contributed by atoms with E-state index in [0.717, 1.165) is 0 Å². The van der Waals surface area contributed by atoms with Gasteiger partial charge in [0.2, 0.25) is 0 Å². The molecule has 0 spiro atoms. The van der Waals surface area contributed by atoms with Crippen molar-refractivity contribution in [1.82, 2.24) is 5.32 Å². The van der Waals surface area contributed by atoms with E-state index in [4.69, 9.17) is 16.3 Å². The van der Waals surface area contributed by atoms with Crippen LogP contribution < -0.4 is 5.32 Å². The van der Waals surface area contributed by atoms with Crippen LogP contribution in [-0.4, -0.2) is 29.4 Å². The fraction of sp³-hybridized carbons (Fsp3) is 0.500. The minimum absolute atomic E-state index is 0.0542. The number of ketones is 1. The summed E-state index contributed by atoms with van der Waals surface area (Å²) in [6.45, 7) is 5.66. The van der Waals surface area contributed by atoms with Gasteiger partial charge in [0.1, 0.15) is 5.60 Å². The van der Waals surface area contributed by atoms with Gasteiger partial charge in [-0.1, -0.05) is 30.3 Å². The number of carbonyl (C=O) groups excluding carboxylic acids is 2. The summed E-state index contributed by atoms with van der Waals surface area (Å²) in [5.41, 5.74) is 0.149. The van der Waals surface area contributed by atoms with Crippen molar-refractivity contribution in [2.45, 2.75) is 44.6 Å². The number of alkyl halides is 1. The van der Waals surface area contributed by atoms with Crippen LogP contribution >= 0.6 is 11.6 Å². The molecule has 1 aromatic carbocycles. The average Bonchev–Trinajstić information content (AvgIpc) is 2.41. The third-order valence-corrected chi connectivity index (χ3v) is 3.02. The summed E-state index contributed by atoms with van der Waals surface area (Å²) in [6.07, 6.45) is 0.363. The molecular formula is C16H22ClNO3. The van der Waals surface area contributed by atoms with Crippen molar-refractivity contribution in [3.8, 4) is 0 Å². The Labute approximate surface area is 130 Å². The Morgan fingerprint density at radius 2 is 1.86 bits per heavy atom. The van der Waals surface area contributed by atoms with Gasteiger partial charge in [0, 0.05) is 18.5 Å². The molecule has 1 amide bonds. The van der Waals surface area contributed by atoms with E-state index in [1.54, 1.807) is 32.9 Å². The number of amides is 1. The summed E-state index contributed by atoms with van der Waals surface area (Å²) in [7, 11) is 0. The lowest BCUT2D eigenvalue weighted by Gasteiger charge is -2.20. The van der Waals surface area contributed by atoms with Crippen LogP contribution in [0, 0.1) is 0 Å². The third kappa shape index (κ3) is 7.71. The van der Waals surface area contributed by atoms with Crippen molar-refractivity contribution in [3.63, 3.8) is 0 Å². The Hall–Kier alpha value is -1.55. The standard InChI is InChI=1S/C16H22ClNO3/c1-16(2,3)21-15(20)18-11-13(17)9-10-14(19)12-7-5-4-6-8-12/h4-8,13H,9-11H2,1-3H3,(H,18,20). The Balaban J connectivity index is 2.27. The Kier molecular flexibility index (Phi) is 6.69. The van der Waals surface area contributed by atoms with Crippen molar-refractivity contribution >= 4 is 23.5 Å². The molecule has 116 valence electrons. The number of hydrogen-bond acceptors (Lipinski definition) is 3. The fourth-order valence-corrected chi connectivity index (χ4v) is 1.85. The highest BCUT2D eigenvalue weighted by Gasteiger charge is 2.17. The van der Waals surface area contributed by atoms with Gasteiger partial charge in [-0.2, -0.15) is 0 Å². The summed E-state index contributed by atoms with van der Waals surface area (Å²) < 4.78 is 5.11. The zero-order valence-electron chi connectivity index (χ0n) is 12.7. The van der Waals surface area contributed by atoms with Gasteiger partial charge in [0.25, 0.3) is 0 Å². The van der Waals surface area contributed by atoms with E-state index < -0.39 is 11.7 Å². The summed E-state index contributed by atoms with van der Waals surface area (Å²) in [5.74, 6) is 0.0542. The Morgan fingerprint density at radius 3 is 2.43 bits per heavy atom. The second-order valence-electron chi connectivity index (χ2n) is 5.81. The van der Waals surface area contributed by atoms with Crippen molar-refractivity contribution in [2.75, 3.05) is 6.54 Å². The van der Waals surface area contributed by atoms with E-state index in [1.807, 2.05) is 18.2 Å². The summed E-state index contributed by atoms with van der Waals surface area (Å²) >= 11 is 6.11. The second-order valence-corrected chi connectivity index (χ2v) is 6.43. The average molecular weight is 312 g/mol. The number of alkyl carbamates (subject to hydrolysis) is 1. The molecular weight excluding hydrogens is 290 g/mol. The lowest BCUT2D eigenvalue weighted by Crippen LogP contribution is -2.35. The molecule has 4 nitrogen and oxygen atoms in total. The number of hydrogen-bond donors (Lipinski definition) is 1. The highest BCUT2D eigenvalue weighted by molar-refractivity contribution is 6.21. The van der Waals surface area contributed by atoms with E-state index in [-0.39, 0.29) is 17.7 Å². The van der Waals surface area contributed by atoms with E-state index in [2.05, 4.69) is 5.32 Å². The summed E-state index contributed by atoms with van der Waals surface area (Å²) in [5, 5.41) is 2.30. The molecule has 0 aliphatic rings. The largest absolute Gasteiger partial charge is 0.444 e. The number of carbonyl (C=O) groups is 2. The van der Waals surface area contributed by atoms with Crippen molar-refractivity contribution < 1.29 is 14.3 Å². The number of nitrogens with one attached hydrogen (secondary N) is 1. The monoisotopic (exact) mass is 311 g/mol. The number of benzene rings is 1. The zero-order chi connectivity index (χ0) is 15.9. The molecule has 0 saturated heterocycles. The first kappa shape index (κ1) is 17.5. The lowest BCUT2D eigenvalue weighted by molar-refractivity contribution is 0.0527. The minimum Gasteiger partial charge on any atom is -0.444 e. The summed E-state index contributed by atoms with van der Waals surface area (Å²) in [4.78, 5) is 23.4. The lowest BCUT2D eigenvalue weighted by atomic mass is 10.1. The molecule has 5 heteroatoms. The first-order chi connectivity index (χ1) is 9.78. The van der Waals surface area contributed by atoms with Crippen molar-refractivity contribution in [1.29, 1.82) is 0 Å². The molecule has 1 unspecified atom stereocenters. The summed E-state index contributed by atoms with van der Waals surface area (Å²) in [6, 6.07) is 9.09. The van der Waals surface area contributed by atoms with Crippen LogP contribution in [-0.2, 0) is 4.74 Å². The Bertz CT molecular complexity index is 468. The topological polar surface area (TPSA) is 55.4 Å². The predicted octanol–water partition coefficient (Wildman–Crippen LogP) is 3.78. The second kappa shape index (κ2) is 8.03. The highest BCUT2D eigenvalue weighted by atomic mass is 35.5. The molecule has 0 fully saturated rings. The molecule has 1 aromatic rings. The van der Waals surface area contributed by atoms with Crippen molar-refractivity contribution in [2.24, 2.45) is 0 Å². The molecule has 1 N–H and O–H groups in total. The van der Waals surface area contributed by atoms with Crippen LogP contribution in [0.4, 0.5) is 4.79 Å². The van der Waals surface area contributed by atoms with E-state index in [1.165, 1.54) is 0 Å². The number of halogens is 1. The molecule has 0 aliphatic heterocycles. The quantitative estimate of drug-likeness (QED) is 0.642. The van der Waals surface area contributed by atoms with Gasteiger partial charge in [-0.3, -0.25) is 4.79 Å². The Morgan fingerprint density at radius 1 is 1.24 bits per heavy atom. The molecule has 1 atom stereocenters. The maximum atomic E-state index is 11.9. The number of rotatable bonds is 6. The minimum atomic E-state index is -0.533. The molecule has 21 heavy (non-hydrogen) atoms. The van der Waals surface area contributed by atoms with E-state index >= 15 is 0 Å². The number of Topliss-reactive ketones (excluding diaryl/α,β-unsaturated/α-hetero) is 1. The fourth-order valence-electron chi connectivity index (χ4n) is 1.67. The maximum absolute atomic E-state index is 11.9. The smallest absolute Gasteiger partial charge is 0.407 e. The predicted molar refractivity (Wildman–Crippen MR) is 83.9 cm³/mol. The third-order valence-electron chi connectivity index (χ3n) is 2.65. The molecule has 0 aliphatic carbocycles. The van der Waals surface area contributed by atoms with Gasteiger partial charge >= 0.3 is 6.09 Å². The van der Waals surface area contributed by atoms with E-state index in [9.17, 15) is 9.59 Å². The van der Waals surface area contributed by atoms with Crippen LogP contribution in [0.15, 0.2) is 30.3 Å². The zero-order valence-corrected chi connectivity index (χ0v) is 13.4. The molecule has 1 rings (SSSR count). The molecule has 0 bridgehead atoms. The first-order valence-electron chi connectivity index (χ1n) is 6.97. The molecule has 0 heterocycles. The van der Waals surface area contributed by atoms with Gasteiger partial charge in [-0.15, -0.1) is 11.6 Å². The van der Waals surface area contributed by atoms with Crippen LogP contribution in [0.5, 0.6) is 0 Å². The van der Waals surface area contributed by atoms with Gasteiger partial charge in [0.05, 0.1) is 5.38 Å². The highest BCUT2D eigenvalue weighted by Crippen LogP contribution is 2.11. The normalized spacial score (nSPS) is 12.6. The first-order valence-corrected chi connectivity index (χ1v) is 7.41. The molecule has 0 aromatic heterocycles.